The third-order valence-electron chi connectivity index (χ3n) is 3.46. The van der Waals surface area contributed by atoms with Crippen LogP contribution in [0.1, 0.15) is 25.7 Å². The minimum atomic E-state index is -0.0593. The molecule has 1 saturated carbocycles. The molecule has 1 fully saturated rings. The van der Waals surface area contributed by atoms with Gasteiger partial charge in [-0.3, -0.25) is 4.79 Å². The summed E-state index contributed by atoms with van der Waals surface area (Å²) in [6, 6.07) is 8.63. The molecular weight excluding hydrogens is 294 g/mol. The van der Waals surface area contributed by atoms with Gasteiger partial charge in [-0.15, -0.1) is 0 Å². The molecule has 4 heteroatoms. The Labute approximate surface area is 116 Å². The number of halogens is 1. The normalized spacial score (nSPS) is 23.4. The number of hydrogen-bond acceptors (Lipinski definition) is 3. The number of methoxy groups -OCH3 is 1. The summed E-state index contributed by atoms with van der Waals surface area (Å²) in [6.45, 7) is 0. The van der Waals surface area contributed by atoms with E-state index in [1.807, 2.05) is 12.1 Å². The van der Waals surface area contributed by atoms with Crippen molar-refractivity contribution in [3.05, 3.63) is 28.7 Å². The number of rotatable bonds is 3. The van der Waals surface area contributed by atoms with Crippen molar-refractivity contribution in [1.29, 1.82) is 0 Å². The predicted octanol–water partition coefficient (Wildman–Crippen LogP) is 3.59. The van der Waals surface area contributed by atoms with Gasteiger partial charge in [0.15, 0.2) is 0 Å². The Bertz CT molecular complexity index is 414. The molecule has 0 saturated heterocycles. The van der Waals surface area contributed by atoms with Gasteiger partial charge in [-0.05, 0) is 43.9 Å². The van der Waals surface area contributed by atoms with E-state index in [4.69, 9.17) is 4.74 Å². The molecule has 3 nitrogen and oxygen atoms in total. The summed E-state index contributed by atoms with van der Waals surface area (Å²) in [6.07, 6.45) is 3.87. The molecule has 2 rings (SSSR count). The van der Waals surface area contributed by atoms with Crippen molar-refractivity contribution in [2.45, 2.75) is 31.7 Å². The summed E-state index contributed by atoms with van der Waals surface area (Å²) < 4.78 is 5.87. The molecule has 1 aromatic carbocycles. The highest BCUT2D eigenvalue weighted by Gasteiger charge is 2.26. The van der Waals surface area contributed by atoms with Crippen molar-refractivity contribution < 1.29 is 9.53 Å². The lowest BCUT2D eigenvalue weighted by molar-refractivity contribution is -0.146. The van der Waals surface area contributed by atoms with Crippen LogP contribution in [0.25, 0.3) is 0 Å². The summed E-state index contributed by atoms with van der Waals surface area (Å²) in [5, 5.41) is 3.52. The summed E-state index contributed by atoms with van der Waals surface area (Å²) in [4.78, 5) is 11.4. The Kier molecular flexibility index (Phi) is 4.64. The van der Waals surface area contributed by atoms with Crippen LogP contribution in [0.5, 0.6) is 0 Å². The molecule has 1 aliphatic carbocycles. The molecule has 18 heavy (non-hydrogen) atoms. The molecule has 0 bridgehead atoms. The Morgan fingerprint density at radius 1 is 1.33 bits per heavy atom. The maximum absolute atomic E-state index is 11.4. The van der Waals surface area contributed by atoms with Gasteiger partial charge < -0.3 is 10.1 Å². The Morgan fingerprint density at radius 2 is 2.06 bits per heavy atom. The van der Waals surface area contributed by atoms with E-state index >= 15 is 0 Å². The standard InChI is InChI=1S/C14H18BrNO2/c1-18-14(17)10-5-7-12(8-6-10)16-13-4-2-3-11(15)9-13/h2-4,9-10,12,16H,5-8H2,1H3. The monoisotopic (exact) mass is 311 g/mol. The first kappa shape index (κ1) is 13.4. The average Bonchev–Trinajstić information content (AvgIpc) is 2.39. The molecule has 0 radical (unpaired) electrons. The van der Waals surface area contributed by atoms with Gasteiger partial charge in [0.1, 0.15) is 0 Å². The quantitative estimate of drug-likeness (QED) is 0.867. The fourth-order valence-corrected chi connectivity index (χ4v) is 2.85. The summed E-state index contributed by atoms with van der Waals surface area (Å²) in [5.74, 6) is 0.0338. The molecule has 0 atom stereocenters. The molecule has 1 N–H and O–H groups in total. The van der Waals surface area contributed by atoms with Crippen molar-refractivity contribution >= 4 is 27.6 Å². The molecule has 0 unspecified atom stereocenters. The minimum Gasteiger partial charge on any atom is -0.469 e. The maximum Gasteiger partial charge on any atom is 0.308 e. The van der Waals surface area contributed by atoms with Crippen LogP contribution in [0.2, 0.25) is 0 Å². The van der Waals surface area contributed by atoms with E-state index in [1.165, 1.54) is 7.11 Å². The number of esters is 1. The van der Waals surface area contributed by atoms with Crippen molar-refractivity contribution in [2.24, 2.45) is 5.92 Å². The molecule has 1 aliphatic rings. The fourth-order valence-electron chi connectivity index (χ4n) is 2.45. The van der Waals surface area contributed by atoms with Crippen LogP contribution in [-0.2, 0) is 9.53 Å². The van der Waals surface area contributed by atoms with Crippen LogP contribution >= 0.6 is 15.9 Å². The van der Waals surface area contributed by atoms with Gasteiger partial charge in [-0.1, -0.05) is 22.0 Å². The smallest absolute Gasteiger partial charge is 0.308 e. The van der Waals surface area contributed by atoms with E-state index in [2.05, 4.69) is 33.4 Å². The molecule has 0 aliphatic heterocycles. The van der Waals surface area contributed by atoms with Gasteiger partial charge in [0.2, 0.25) is 0 Å². The van der Waals surface area contributed by atoms with Gasteiger partial charge in [0.25, 0.3) is 0 Å². The second-order valence-electron chi connectivity index (χ2n) is 4.73. The molecule has 0 spiro atoms. The lowest BCUT2D eigenvalue weighted by Gasteiger charge is -2.28. The van der Waals surface area contributed by atoms with Gasteiger partial charge in [-0.2, -0.15) is 0 Å². The zero-order valence-corrected chi connectivity index (χ0v) is 12.1. The van der Waals surface area contributed by atoms with Crippen molar-refractivity contribution in [3.8, 4) is 0 Å². The third-order valence-corrected chi connectivity index (χ3v) is 3.95. The highest BCUT2D eigenvalue weighted by molar-refractivity contribution is 9.10. The second kappa shape index (κ2) is 6.23. The summed E-state index contributed by atoms with van der Waals surface area (Å²) >= 11 is 3.46. The highest BCUT2D eigenvalue weighted by Crippen LogP contribution is 2.28. The first-order chi connectivity index (χ1) is 8.69. The van der Waals surface area contributed by atoms with Crippen molar-refractivity contribution in [1.82, 2.24) is 0 Å². The zero-order chi connectivity index (χ0) is 13.0. The van der Waals surface area contributed by atoms with E-state index in [1.54, 1.807) is 0 Å². The summed E-state index contributed by atoms with van der Waals surface area (Å²) in [7, 11) is 1.47. The second-order valence-corrected chi connectivity index (χ2v) is 5.64. The molecule has 98 valence electrons. The number of anilines is 1. The van der Waals surface area contributed by atoms with E-state index < -0.39 is 0 Å². The lowest BCUT2D eigenvalue weighted by Crippen LogP contribution is -2.29. The van der Waals surface area contributed by atoms with E-state index in [0.717, 1.165) is 35.8 Å². The maximum atomic E-state index is 11.4. The molecule has 0 amide bonds. The van der Waals surface area contributed by atoms with Crippen molar-refractivity contribution in [2.75, 3.05) is 12.4 Å². The largest absolute Gasteiger partial charge is 0.469 e. The van der Waals surface area contributed by atoms with Gasteiger partial charge in [0.05, 0.1) is 13.0 Å². The van der Waals surface area contributed by atoms with E-state index in [9.17, 15) is 4.79 Å². The van der Waals surface area contributed by atoms with E-state index in [-0.39, 0.29) is 11.9 Å². The Balaban J connectivity index is 1.85. The van der Waals surface area contributed by atoms with Crippen LogP contribution in [0.4, 0.5) is 5.69 Å². The number of carbonyl (C=O) groups is 1. The minimum absolute atomic E-state index is 0.0593. The van der Waals surface area contributed by atoms with Crippen LogP contribution in [0.15, 0.2) is 28.7 Å². The SMILES string of the molecule is COC(=O)C1CCC(Nc2cccc(Br)c2)CC1. The number of benzene rings is 1. The lowest BCUT2D eigenvalue weighted by atomic mass is 9.86. The Hall–Kier alpha value is -1.03. The highest BCUT2D eigenvalue weighted by atomic mass is 79.9. The number of nitrogens with one attached hydrogen (secondary N) is 1. The van der Waals surface area contributed by atoms with E-state index in [0.29, 0.717) is 6.04 Å². The number of hydrogen-bond donors (Lipinski definition) is 1. The molecule has 0 heterocycles. The van der Waals surface area contributed by atoms with Crippen LogP contribution < -0.4 is 5.32 Å². The topological polar surface area (TPSA) is 38.3 Å². The number of ether oxygens (including phenoxy) is 1. The average molecular weight is 312 g/mol. The summed E-state index contributed by atoms with van der Waals surface area (Å²) in [5.41, 5.74) is 1.13. The number of carbonyl (C=O) groups excluding carboxylic acids is 1. The zero-order valence-electron chi connectivity index (χ0n) is 10.5. The van der Waals surface area contributed by atoms with Crippen molar-refractivity contribution in [3.63, 3.8) is 0 Å². The first-order valence-corrected chi connectivity index (χ1v) is 7.08. The van der Waals surface area contributed by atoms with Gasteiger partial charge >= 0.3 is 5.97 Å². The van der Waals surface area contributed by atoms with Gasteiger partial charge in [0, 0.05) is 16.2 Å². The van der Waals surface area contributed by atoms with Crippen LogP contribution in [0.3, 0.4) is 0 Å². The molecular formula is C14H18BrNO2. The predicted molar refractivity (Wildman–Crippen MR) is 75.5 cm³/mol. The van der Waals surface area contributed by atoms with Crippen LogP contribution in [-0.4, -0.2) is 19.1 Å². The fraction of sp³-hybridized carbons (Fsp3) is 0.500. The third kappa shape index (κ3) is 3.48. The van der Waals surface area contributed by atoms with Gasteiger partial charge in [-0.25, -0.2) is 0 Å². The molecule has 0 aromatic heterocycles. The first-order valence-electron chi connectivity index (χ1n) is 6.29. The Morgan fingerprint density at radius 3 is 2.67 bits per heavy atom. The van der Waals surface area contributed by atoms with Crippen LogP contribution in [0, 0.1) is 5.92 Å². The molecule has 1 aromatic rings.